The first-order chi connectivity index (χ1) is 16.4. The maximum absolute atomic E-state index is 5.02. The molecule has 0 N–H and O–H groups in total. The zero-order chi connectivity index (χ0) is 24.5. The lowest BCUT2D eigenvalue weighted by molar-refractivity contribution is 0.756. The van der Waals surface area contributed by atoms with Crippen molar-refractivity contribution in [2.75, 3.05) is 0 Å². The van der Waals surface area contributed by atoms with Crippen molar-refractivity contribution < 1.29 is 0 Å². The van der Waals surface area contributed by atoms with Crippen LogP contribution < -0.4 is 0 Å². The van der Waals surface area contributed by atoms with E-state index >= 15 is 0 Å². The Bertz CT molecular complexity index is 1100. The summed E-state index contributed by atoms with van der Waals surface area (Å²) in [6, 6.07) is 19.5. The van der Waals surface area contributed by atoms with Gasteiger partial charge in [-0.3, -0.25) is 9.98 Å². The fourth-order valence-corrected chi connectivity index (χ4v) is 4.60. The molecule has 1 aliphatic heterocycles. The van der Waals surface area contributed by atoms with Crippen LogP contribution in [-0.4, -0.2) is 11.4 Å². The maximum Gasteiger partial charge on any atom is 0.0450 e. The van der Waals surface area contributed by atoms with E-state index in [0.717, 1.165) is 37.0 Å². The van der Waals surface area contributed by atoms with Crippen molar-refractivity contribution in [1.29, 1.82) is 0 Å². The number of benzene rings is 2. The molecule has 2 aromatic carbocycles. The van der Waals surface area contributed by atoms with Gasteiger partial charge >= 0.3 is 0 Å². The van der Waals surface area contributed by atoms with Crippen molar-refractivity contribution in [1.82, 2.24) is 0 Å². The van der Waals surface area contributed by atoms with Crippen molar-refractivity contribution in [3.8, 4) is 0 Å². The molecule has 1 atom stereocenters. The quantitative estimate of drug-likeness (QED) is 0.240. The first-order valence-corrected chi connectivity index (χ1v) is 12.7. The molecule has 0 fully saturated rings. The largest absolute Gasteiger partial charge is 0.265 e. The molecule has 0 amide bonds. The minimum Gasteiger partial charge on any atom is -0.265 e. The van der Waals surface area contributed by atoms with Crippen LogP contribution >= 0.6 is 0 Å². The Labute approximate surface area is 207 Å². The predicted molar refractivity (Wildman–Crippen MR) is 149 cm³/mol. The molecular weight excluding hydrogens is 412 g/mol. The van der Waals surface area contributed by atoms with Gasteiger partial charge in [0.25, 0.3) is 0 Å². The van der Waals surface area contributed by atoms with Gasteiger partial charge in [-0.05, 0) is 68.2 Å². The zero-order valence-corrected chi connectivity index (χ0v) is 21.7. The summed E-state index contributed by atoms with van der Waals surface area (Å²) < 4.78 is 0. The number of hydrogen-bond acceptors (Lipinski definition) is 2. The van der Waals surface area contributed by atoms with Crippen molar-refractivity contribution in [2.45, 2.75) is 79.1 Å². The van der Waals surface area contributed by atoms with Crippen molar-refractivity contribution in [3.05, 3.63) is 106 Å². The molecule has 0 saturated heterocycles. The Hall–Kier alpha value is -3.00. The number of unbranched alkanes of at least 4 members (excludes halogenated alkanes) is 1. The molecule has 0 spiro atoms. The zero-order valence-electron chi connectivity index (χ0n) is 21.7. The summed E-state index contributed by atoms with van der Waals surface area (Å²) in [5.74, 6) is 0.400. The molecule has 0 aliphatic carbocycles. The average molecular weight is 453 g/mol. The Balaban J connectivity index is 1.81. The third-order valence-electron chi connectivity index (χ3n) is 6.53. The summed E-state index contributed by atoms with van der Waals surface area (Å²) in [7, 11) is 0. The Kier molecular flexibility index (Phi) is 9.39. The third kappa shape index (κ3) is 7.25. The molecule has 1 heterocycles. The smallest absolute Gasteiger partial charge is 0.0450 e. The van der Waals surface area contributed by atoms with E-state index in [0.29, 0.717) is 5.92 Å². The summed E-state index contributed by atoms with van der Waals surface area (Å²) in [4.78, 5) is 9.84. The Morgan fingerprint density at radius 1 is 1.06 bits per heavy atom. The average Bonchev–Trinajstić information content (AvgIpc) is 3.27. The minimum atomic E-state index is 0.400. The van der Waals surface area contributed by atoms with Crippen LogP contribution in [0.15, 0.2) is 99.8 Å². The molecular formula is C32H40N2. The number of nitrogens with zero attached hydrogens (tertiary/aromatic N) is 2. The topological polar surface area (TPSA) is 24.7 Å². The summed E-state index contributed by atoms with van der Waals surface area (Å²) in [6.07, 6.45) is 8.12. The molecule has 0 saturated carbocycles. The van der Waals surface area contributed by atoms with Crippen LogP contribution in [0.25, 0.3) is 0 Å². The number of allylic oxidation sites excluding steroid dienone is 4. The van der Waals surface area contributed by atoms with Gasteiger partial charge in [0.05, 0.1) is 0 Å². The number of rotatable bonds is 11. The molecule has 0 radical (unpaired) electrons. The second kappa shape index (κ2) is 12.5. The highest BCUT2D eigenvalue weighted by Crippen LogP contribution is 2.35. The van der Waals surface area contributed by atoms with Crippen LogP contribution in [0.1, 0.15) is 82.4 Å². The highest BCUT2D eigenvalue weighted by molar-refractivity contribution is 5.92. The summed E-state index contributed by atoms with van der Waals surface area (Å²) >= 11 is 0. The molecule has 0 bridgehead atoms. The van der Waals surface area contributed by atoms with Crippen LogP contribution in [0.3, 0.4) is 0 Å². The minimum absolute atomic E-state index is 0.400. The van der Waals surface area contributed by atoms with E-state index < -0.39 is 0 Å². The number of aliphatic imine (C=N–C) groups is 2. The van der Waals surface area contributed by atoms with Gasteiger partial charge in [0, 0.05) is 41.7 Å². The molecule has 2 aromatic rings. The molecule has 178 valence electrons. The Morgan fingerprint density at radius 2 is 1.76 bits per heavy atom. The first kappa shape index (κ1) is 25.6. The standard InChI is InChI=1S/C32H40N2/c1-7-8-12-26(5)34-27(6)32(25(4)19-24(3)29-13-10-9-11-14-29)30-21-31(33-22-30)20-28-17-15-23(2)16-18-28/h9-11,13-18,22,24H,4,7-8,12,19-21H2,1-3,5-6H3/b32-27+,34-26?. The van der Waals surface area contributed by atoms with Gasteiger partial charge < -0.3 is 0 Å². The van der Waals surface area contributed by atoms with Crippen molar-refractivity contribution >= 4 is 11.4 Å². The van der Waals surface area contributed by atoms with Crippen LogP contribution in [-0.2, 0) is 6.42 Å². The lowest BCUT2D eigenvalue weighted by Gasteiger charge is -2.19. The fourth-order valence-electron chi connectivity index (χ4n) is 4.60. The third-order valence-corrected chi connectivity index (χ3v) is 6.53. The lowest BCUT2D eigenvalue weighted by atomic mass is 9.86. The normalized spacial score (nSPS) is 15.5. The summed E-state index contributed by atoms with van der Waals surface area (Å²) in [5.41, 5.74) is 11.0. The van der Waals surface area contributed by atoms with Gasteiger partial charge in [-0.2, -0.15) is 0 Å². The molecule has 34 heavy (non-hydrogen) atoms. The highest BCUT2D eigenvalue weighted by atomic mass is 14.8. The van der Waals surface area contributed by atoms with Crippen LogP contribution in [0.5, 0.6) is 0 Å². The van der Waals surface area contributed by atoms with E-state index in [9.17, 15) is 0 Å². The van der Waals surface area contributed by atoms with E-state index in [1.807, 2.05) is 0 Å². The molecule has 0 aromatic heterocycles. The van der Waals surface area contributed by atoms with Crippen LogP contribution in [0.2, 0.25) is 0 Å². The molecule has 1 aliphatic rings. The fraction of sp³-hybridized carbons (Fsp3) is 0.375. The van der Waals surface area contributed by atoms with E-state index in [1.165, 1.54) is 52.1 Å². The maximum atomic E-state index is 5.02. The van der Waals surface area contributed by atoms with E-state index in [4.69, 9.17) is 9.98 Å². The summed E-state index contributed by atoms with van der Waals surface area (Å²) in [6.45, 7) is 15.5. The molecule has 3 rings (SSSR count). The van der Waals surface area contributed by atoms with E-state index in [2.05, 4.69) is 102 Å². The highest BCUT2D eigenvalue weighted by Gasteiger charge is 2.21. The van der Waals surface area contributed by atoms with Crippen molar-refractivity contribution in [2.24, 2.45) is 9.98 Å². The second-order valence-electron chi connectivity index (χ2n) is 9.72. The van der Waals surface area contributed by atoms with Gasteiger partial charge in [-0.1, -0.05) is 87.0 Å². The van der Waals surface area contributed by atoms with Gasteiger partial charge in [0.1, 0.15) is 0 Å². The van der Waals surface area contributed by atoms with E-state index in [-0.39, 0.29) is 0 Å². The monoisotopic (exact) mass is 452 g/mol. The lowest BCUT2D eigenvalue weighted by Crippen LogP contribution is -2.06. The SMILES string of the molecule is C=C(CC(C)c1ccccc1)/C(C1=CN=C(Cc2ccc(C)cc2)C1)=C(/C)N=C(C)CCCC. The van der Waals surface area contributed by atoms with Crippen LogP contribution in [0.4, 0.5) is 0 Å². The number of aryl methyl sites for hydroxylation is 1. The van der Waals surface area contributed by atoms with Gasteiger partial charge in [-0.15, -0.1) is 0 Å². The first-order valence-electron chi connectivity index (χ1n) is 12.7. The molecule has 2 heteroatoms. The summed E-state index contributed by atoms with van der Waals surface area (Å²) in [5, 5.41) is 0. The molecule has 2 nitrogen and oxygen atoms in total. The second-order valence-corrected chi connectivity index (χ2v) is 9.72. The van der Waals surface area contributed by atoms with Crippen LogP contribution in [0, 0.1) is 6.92 Å². The van der Waals surface area contributed by atoms with Gasteiger partial charge in [-0.25, -0.2) is 0 Å². The van der Waals surface area contributed by atoms with Crippen molar-refractivity contribution in [3.63, 3.8) is 0 Å². The van der Waals surface area contributed by atoms with E-state index in [1.54, 1.807) is 0 Å². The molecule has 1 unspecified atom stereocenters. The number of hydrogen-bond donors (Lipinski definition) is 0. The predicted octanol–water partition coefficient (Wildman–Crippen LogP) is 8.94. The Morgan fingerprint density at radius 3 is 2.44 bits per heavy atom. The van der Waals surface area contributed by atoms with Gasteiger partial charge in [0.15, 0.2) is 0 Å². The van der Waals surface area contributed by atoms with Gasteiger partial charge in [0.2, 0.25) is 0 Å².